The van der Waals surface area contributed by atoms with Gasteiger partial charge in [0, 0.05) is 17.6 Å². The number of nitrogens with zero attached hydrogens (tertiary/aromatic N) is 2. The van der Waals surface area contributed by atoms with Crippen LogP contribution < -0.4 is 4.74 Å². The van der Waals surface area contributed by atoms with E-state index in [9.17, 15) is 10.1 Å². The van der Waals surface area contributed by atoms with Crippen molar-refractivity contribution in [3.05, 3.63) is 28.2 Å². The molecule has 25 heavy (non-hydrogen) atoms. The molecule has 0 N–H and O–H groups in total. The zero-order valence-electron chi connectivity index (χ0n) is 15.3. The van der Waals surface area contributed by atoms with Gasteiger partial charge in [-0.2, -0.15) is 5.26 Å². The van der Waals surface area contributed by atoms with Crippen LogP contribution >= 0.6 is 15.9 Å². The van der Waals surface area contributed by atoms with Gasteiger partial charge >= 0.3 is 6.09 Å². The molecule has 1 aliphatic rings. The Hall–Kier alpha value is -1.74. The number of piperidine rings is 1. The zero-order valence-corrected chi connectivity index (χ0v) is 16.9. The minimum Gasteiger partial charge on any atom is -0.496 e. The highest BCUT2D eigenvalue weighted by atomic mass is 79.9. The maximum Gasteiger partial charge on any atom is 0.410 e. The summed E-state index contributed by atoms with van der Waals surface area (Å²) in [6.07, 6.45) is 1.55. The van der Waals surface area contributed by atoms with E-state index < -0.39 is 11.0 Å². The van der Waals surface area contributed by atoms with Crippen LogP contribution in [0.3, 0.4) is 0 Å². The van der Waals surface area contributed by atoms with Crippen molar-refractivity contribution in [2.24, 2.45) is 5.41 Å². The van der Waals surface area contributed by atoms with Crippen LogP contribution in [0.25, 0.3) is 0 Å². The lowest BCUT2D eigenvalue weighted by Gasteiger charge is -2.38. The van der Waals surface area contributed by atoms with Crippen molar-refractivity contribution in [3.63, 3.8) is 0 Å². The molecular formula is C19H25BrN2O3. The molecule has 0 saturated carbocycles. The third-order valence-electron chi connectivity index (χ3n) is 4.38. The summed E-state index contributed by atoms with van der Waals surface area (Å²) in [6, 6.07) is 8.32. The molecule has 0 radical (unpaired) electrons. The number of ether oxygens (including phenoxy) is 2. The largest absolute Gasteiger partial charge is 0.496 e. The first-order chi connectivity index (χ1) is 11.7. The predicted molar refractivity (Wildman–Crippen MR) is 99.5 cm³/mol. The molecule has 0 aliphatic carbocycles. The molecule has 1 aliphatic heterocycles. The topological polar surface area (TPSA) is 62.6 Å². The fraction of sp³-hybridized carbons (Fsp3) is 0.579. The van der Waals surface area contributed by atoms with Crippen molar-refractivity contribution in [2.75, 3.05) is 20.2 Å². The molecular weight excluding hydrogens is 384 g/mol. The second-order valence-corrected chi connectivity index (χ2v) is 8.41. The van der Waals surface area contributed by atoms with Crippen LogP contribution in [0, 0.1) is 16.7 Å². The molecule has 1 aromatic rings. The number of likely N-dealkylation sites (tertiary alicyclic amines) is 1. The molecule has 1 fully saturated rings. The highest BCUT2D eigenvalue weighted by molar-refractivity contribution is 9.10. The lowest BCUT2D eigenvalue weighted by molar-refractivity contribution is 0.0148. The summed E-state index contributed by atoms with van der Waals surface area (Å²) in [5.41, 5.74) is 0.000974. The van der Waals surface area contributed by atoms with E-state index in [1.165, 1.54) is 0 Å². The van der Waals surface area contributed by atoms with Gasteiger partial charge in [0.2, 0.25) is 0 Å². The van der Waals surface area contributed by atoms with E-state index >= 15 is 0 Å². The Labute approximate surface area is 158 Å². The van der Waals surface area contributed by atoms with Gasteiger partial charge in [-0.3, -0.25) is 0 Å². The summed E-state index contributed by atoms with van der Waals surface area (Å²) in [6.45, 7) is 6.62. The molecule has 0 spiro atoms. The van der Waals surface area contributed by atoms with Crippen molar-refractivity contribution < 1.29 is 14.3 Å². The highest BCUT2D eigenvalue weighted by Gasteiger charge is 2.38. The molecule has 6 heteroatoms. The van der Waals surface area contributed by atoms with Crippen LogP contribution in [0.15, 0.2) is 22.7 Å². The summed E-state index contributed by atoms with van der Waals surface area (Å²) in [7, 11) is 1.64. The molecule has 1 aromatic carbocycles. The molecule has 0 bridgehead atoms. The Kier molecular flexibility index (Phi) is 5.99. The summed E-state index contributed by atoms with van der Waals surface area (Å²) in [4.78, 5) is 13.9. The fourth-order valence-corrected chi connectivity index (χ4v) is 3.43. The van der Waals surface area contributed by atoms with Crippen LogP contribution in [0.4, 0.5) is 4.79 Å². The van der Waals surface area contributed by atoms with E-state index in [2.05, 4.69) is 22.0 Å². The highest BCUT2D eigenvalue weighted by Crippen LogP contribution is 2.38. The van der Waals surface area contributed by atoms with Gasteiger partial charge in [0.05, 0.1) is 18.6 Å². The Morgan fingerprint density at radius 1 is 1.36 bits per heavy atom. The first-order valence-corrected chi connectivity index (χ1v) is 9.19. The lowest BCUT2D eigenvalue weighted by atomic mass is 9.75. The van der Waals surface area contributed by atoms with Crippen molar-refractivity contribution in [2.45, 2.75) is 45.6 Å². The SMILES string of the molecule is COc1ccc(Br)cc1CC1(C#N)CCN(C(=O)OC(C)(C)C)CC1. The number of carbonyl (C=O) groups is 1. The van der Waals surface area contributed by atoms with Crippen LogP contribution in [-0.2, 0) is 11.2 Å². The molecule has 1 amide bonds. The number of halogens is 1. The number of benzene rings is 1. The van der Waals surface area contributed by atoms with Crippen LogP contribution in [0.1, 0.15) is 39.2 Å². The van der Waals surface area contributed by atoms with E-state index in [4.69, 9.17) is 9.47 Å². The quantitative estimate of drug-likeness (QED) is 0.735. The minimum atomic E-state index is -0.509. The van der Waals surface area contributed by atoms with E-state index in [0.29, 0.717) is 32.4 Å². The van der Waals surface area contributed by atoms with Crippen molar-refractivity contribution >= 4 is 22.0 Å². The average Bonchev–Trinajstić information content (AvgIpc) is 2.54. The van der Waals surface area contributed by atoms with Crippen molar-refractivity contribution in [1.29, 1.82) is 5.26 Å². The number of carbonyl (C=O) groups excluding carboxylic acids is 1. The van der Waals surface area contributed by atoms with Crippen LogP contribution in [-0.4, -0.2) is 36.8 Å². The molecule has 0 atom stereocenters. The third-order valence-corrected chi connectivity index (χ3v) is 4.87. The Morgan fingerprint density at radius 2 is 2.00 bits per heavy atom. The summed E-state index contributed by atoms with van der Waals surface area (Å²) < 4.78 is 11.8. The monoisotopic (exact) mass is 408 g/mol. The van der Waals surface area contributed by atoms with Gasteiger partial charge in [0.15, 0.2) is 0 Å². The van der Waals surface area contributed by atoms with E-state index in [1.54, 1.807) is 12.0 Å². The van der Waals surface area contributed by atoms with Gasteiger partial charge in [0.1, 0.15) is 11.4 Å². The van der Waals surface area contributed by atoms with Gasteiger partial charge in [-0.1, -0.05) is 15.9 Å². The second-order valence-electron chi connectivity index (χ2n) is 7.49. The smallest absolute Gasteiger partial charge is 0.410 e. The molecule has 2 rings (SSSR count). The minimum absolute atomic E-state index is 0.306. The third kappa shape index (κ3) is 5.12. The van der Waals surface area contributed by atoms with E-state index in [1.807, 2.05) is 39.0 Å². The molecule has 136 valence electrons. The van der Waals surface area contributed by atoms with Gasteiger partial charge in [-0.05, 0) is 63.8 Å². The Bertz CT molecular complexity index is 668. The number of methoxy groups -OCH3 is 1. The Balaban J connectivity index is 2.08. The average molecular weight is 409 g/mol. The number of nitriles is 1. The normalized spacial score (nSPS) is 16.9. The summed E-state index contributed by atoms with van der Waals surface area (Å²) >= 11 is 3.48. The molecule has 0 unspecified atom stereocenters. The maximum atomic E-state index is 12.2. The number of rotatable bonds is 3. The maximum absolute atomic E-state index is 12.2. The van der Waals surface area contributed by atoms with Gasteiger partial charge in [0.25, 0.3) is 0 Å². The van der Waals surface area contributed by atoms with E-state index in [0.717, 1.165) is 15.8 Å². The van der Waals surface area contributed by atoms with Gasteiger partial charge in [-0.25, -0.2) is 4.79 Å². The fourth-order valence-electron chi connectivity index (χ4n) is 3.02. The van der Waals surface area contributed by atoms with Crippen LogP contribution in [0.5, 0.6) is 5.75 Å². The molecule has 5 nitrogen and oxygen atoms in total. The zero-order chi connectivity index (χ0) is 18.7. The number of amides is 1. The standard InChI is InChI=1S/C19H25BrN2O3/c1-18(2,3)25-17(23)22-9-7-19(13-21,8-10-22)12-14-11-15(20)5-6-16(14)24-4/h5-6,11H,7-10,12H2,1-4H3. The molecule has 0 aromatic heterocycles. The van der Waals surface area contributed by atoms with Crippen LogP contribution in [0.2, 0.25) is 0 Å². The lowest BCUT2D eigenvalue weighted by Crippen LogP contribution is -2.45. The first kappa shape index (κ1) is 19.6. The second kappa shape index (κ2) is 7.65. The van der Waals surface area contributed by atoms with Crippen molar-refractivity contribution in [1.82, 2.24) is 4.90 Å². The predicted octanol–water partition coefficient (Wildman–Crippen LogP) is 4.54. The summed E-state index contributed by atoms with van der Waals surface area (Å²) in [5.74, 6) is 0.785. The Morgan fingerprint density at radius 3 is 2.52 bits per heavy atom. The molecule has 1 saturated heterocycles. The van der Waals surface area contributed by atoms with Crippen molar-refractivity contribution in [3.8, 4) is 11.8 Å². The number of hydrogen-bond donors (Lipinski definition) is 0. The van der Waals surface area contributed by atoms with Gasteiger partial charge in [-0.15, -0.1) is 0 Å². The van der Waals surface area contributed by atoms with Gasteiger partial charge < -0.3 is 14.4 Å². The van der Waals surface area contributed by atoms with E-state index in [-0.39, 0.29) is 6.09 Å². The first-order valence-electron chi connectivity index (χ1n) is 8.40. The summed E-state index contributed by atoms with van der Waals surface area (Å²) in [5, 5.41) is 9.81. The number of hydrogen-bond acceptors (Lipinski definition) is 4. The molecule has 1 heterocycles.